The van der Waals surface area contributed by atoms with Crippen molar-refractivity contribution in [3.63, 3.8) is 0 Å². The van der Waals surface area contributed by atoms with Crippen LogP contribution in [0.3, 0.4) is 0 Å². The van der Waals surface area contributed by atoms with Crippen LogP contribution < -0.4 is 26.2 Å². The van der Waals surface area contributed by atoms with Crippen LogP contribution in [0.4, 0.5) is 34.1 Å². The highest BCUT2D eigenvalue weighted by atomic mass is 15.2. The number of aromatic nitrogens is 4. The maximum Gasteiger partial charge on any atom is 0.252 e. The highest BCUT2D eigenvalue weighted by Gasteiger charge is 2.44. The fourth-order valence-corrected chi connectivity index (χ4v) is 12.7. The van der Waals surface area contributed by atoms with Gasteiger partial charge in [0.1, 0.15) is 0 Å². The Morgan fingerprint density at radius 2 is 0.833 bits per heavy atom. The lowest BCUT2D eigenvalue weighted by Crippen LogP contribution is -2.61. The average Bonchev–Trinajstić information content (AvgIpc) is 1.11. The maximum atomic E-state index is 10.6. The average molecular weight is 1090 g/mol. The summed E-state index contributed by atoms with van der Waals surface area (Å²) in [5, 5.41) is 12.8. The number of benzene rings is 10. The third-order valence-electron chi connectivity index (χ3n) is 17.1. The van der Waals surface area contributed by atoms with Crippen molar-refractivity contribution >= 4 is 79.0 Å². The summed E-state index contributed by atoms with van der Waals surface area (Å²) < 4.78 is 2.36. The molecule has 0 fully saturated rings. The van der Waals surface area contributed by atoms with Crippen molar-refractivity contribution in [3.8, 4) is 57.0 Å². The molecule has 14 rings (SSSR count). The van der Waals surface area contributed by atoms with Gasteiger partial charge in [-0.3, -0.25) is 0 Å². The molecule has 8 heteroatoms. The van der Waals surface area contributed by atoms with Gasteiger partial charge in [-0.15, -0.1) is 0 Å². The molecule has 0 aliphatic carbocycles. The van der Waals surface area contributed by atoms with Gasteiger partial charge >= 0.3 is 0 Å². The molecule has 0 saturated carbocycles. The minimum absolute atomic E-state index is 0.0467. The maximum absolute atomic E-state index is 10.6. The second-order valence-corrected chi connectivity index (χ2v) is 25.7. The monoisotopic (exact) mass is 1090 g/mol. The lowest BCUT2D eigenvalue weighted by Gasteiger charge is -2.45. The molecule has 0 unspecified atom stereocenters. The van der Waals surface area contributed by atoms with E-state index in [1.54, 1.807) is 0 Å². The molecule has 7 nitrogen and oxygen atoms in total. The summed E-state index contributed by atoms with van der Waals surface area (Å²) >= 11 is 0. The second-order valence-electron chi connectivity index (χ2n) is 25.7. The van der Waals surface area contributed by atoms with Crippen molar-refractivity contribution in [1.82, 2.24) is 19.5 Å². The lowest BCUT2D eigenvalue weighted by atomic mass is 9.33. The van der Waals surface area contributed by atoms with E-state index in [1.165, 1.54) is 44.5 Å². The van der Waals surface area contributed by atoms with Gasteiger partial charge in [-0.25, -0.2) is 15.0 Å². The van der Waals surface area contributed by atoms with E-state index >= 15 is 0 Å². The summed E-state index contributed by atoms with van der Waals surface area (Å²) in [5.74, 6) is 1.59. The normalized spacial score (nSPS) is 13.0. The lowest BCUT2D eigenvalue weighted by molar-refractivity contribution is 0.590. The van der Waals surface area contributed by atoms with E-state index in [9.17, 15) is 5.26 Å². The Bertz CT molecular complexity index is 4430. The highest BCUT2D eigenvalue weighted by molar-refractivity contribution is 7.00. The largest absolute Gasteiger partial charge is 0.311 e. The number of nitrogens with zero attached hydrogens (tertiary/aromatic N) is 7. The molecule has 12 aromatic rings. The molecule has 0 amide bonds. The van der Waals surface area contributed by atoms with Crippen LogP contribution in [0.5, 0.6) is 0 Å². The molecular formula is C76H64BN7. The molecule has 0 N–H and O–H groups in total. The molecule has 0 radical (unpaired) electrons. The smallest absolute Gasteiger partial charge is 0.252 e. The van der Waals surface area contributed by atoms with Crippen molar-refractivity contribution < 1.29 is 0 Å². The molecule has 406 valence electrons. The number of anilines is 6. The molecule has 0 atom stereocenters. The van der Waals surface area contributed by atoms with Crippen LogP contribution in [0.25, 0.3) is 72.8 Å². The molecule has 10 aromatic carbocycles. The molecule has 0 saturated heterocycles. The molecule has 2 aliphatic heterocycles. The van der Waals surface area contributed by atoms with Crippen LogP contribution >= 0.6 is 0 Å². The van der Waals surface area contributed by atoms with Crippen molar-refractivity contribution in [2.75, 3.05) is 9.80 Å². The van der Waals surface area contributed by atoms with Crippen molar-refractivity contribution in [2.45, 2.75) is 78.6 Å². The first kappa shape index (κ1) is 52.3. The van der Waals surface area contributed by atoms with Crippen LogP contribution in [0.15, 0.2) is 224 Å². The second kappa shape index (κ2) is 19.7. The zero-order valence-electron chi connectivity index (χ0n) is 49.1. The summed E-state index contributed by atoms with van der Waals surface area (Å²) in [7, 11) is 0. The van der Waals surface area contributed by atoms with Gasteiger partial charge in [-0.1, -0.05) is 202 Å². The molecule has 84 heavy (non-hydrogen) atoms. The van der Waals surface area contributed by atoms with Gasteiger partial charge in [-0.2, -0.15) is 5.26 Å². The van der Waals surface area contributed by atoms with Crippen LogP contribution in [0.2, 0.25) is 0 Å². The van der Waals surface area contributed by atoms with Crippen molar-refractivity contribution in [3.05, 3.63) is 247 Å². The first-order valence-corrected chi connectivity index (χ1v) is 29.2. The van der Waals surface area contributed by atoms with E-state index in [1.807, 2.05) is 72.8 Å². The summed E-state index contributed by atoms with van der Waals surface area (Å²) in [5.41, 5.74) is 22.5. The summed E-state index contributed by atoms with van der Waals surface area (Å²) in [4.78, 5) is 20.6. The van der Waals surface area contributed by atoms with Gasteiger partial charge < -0.3 is 14.4 Å². The number of nitriles is 1. The van der Waals surface area contributed by atoms with Crippen molar-refractivity contribution in [1.29, 1.82) is 5.26 Å². The molecule has 0 spiro atoms. The Labute approximate surface area is 493 Å². The van der Waals surface area contributed by atoms with E-state index in [-0.39, 0.29) is 23.0 Å². The van der Waals surface area contributed by atoms with Gasteiger partial charge in [0, 0.05) is 61.6 Å². The zero-order valence-corrected chi connectivity index (χ0v) is 49.1. The number of para-hydroxylation sites is 2. The Hall–Kier alpha value is -9.84. The van der Waals surface area contributed by atoms with E-state index in [4.69, 9.17) is 15.0 Å². The first-order valence-electron chi connectivity index (χ1n) is 29.2. The standard InChI is InChI=1S/C76H64BN7/c1-74(2,3)53-33-38-65-61(44-53)77-62-45-54(75(4,5)6)34-39-66(62)83(57-28-20-13-21-29-57)69-43-52(42-68(70(69)77)82(65)56-26-18-12-19-27-56)51-31-37-63-59(41-51)58-35-32-55(76(7,8)9)46-67(58)84(63)64-36-30-48(47-78)40-60(64)73-80-71(49-22-14-10-15-23-49)79-72(81-73)50-24-16-11-17-25-50/h10-46H,1-9H3. The fraction of sp³-hybridized carbons (Fsp3) is 0.158. The molecule has 0 bridgehead atoms. The van der Waals surface area contributed by atoms with E-state index in [0.717, 1.165) is 78.1 Å². The summed E-state index contributed by atoms with van der Waals surface area (Å²) in [6, 6.07) is 83.5. The van der Waals surface area contributed by atoms with Crippen LogP contribution in [-0.4, -0.2) is 26.2 Å². The van der Waals surface area contributed by atoms with Gasteiger partial charge in [-0.05, 0) is 145 Å². The fourth-order valence-electron chi connectivity index (χ4n) is 12.7. The molecule has 2 aliphatic rings. The Morgan fingerprint density at radius 1 is 0.369 bits per heavy atom. The summed E-state index contributed by atoms with van der Waals surface area (Å²) in [6.45, 7) is 20.7. The number of rotatable bonds is 7. The Kier molecular flexibility index (Phi) is 12.2. The first-order chi connectivity index (χ1) is 40.5. The molecule has 4 heterocycles. The summed E-state index contributed by atoms with van der Waals surface area (Å²) in [6.07, 6.45) is 0. The van der Waals surface area contributed by atoms with Gasteiger partial charge in [0.2, 0.25) is 0 Å². The third-order valence-corrected chi connectivity index (χ3v) is 17.1. The minimum atomic E-state index is -0.144. The number of fused-ring (bicyclic) bond motifs is 7. The van der Waals surface area contributed by atoms with Crippen LogP contribution in [-0.2, 0) is 16.2 Å². The minimum Gasteiger partial charge on any atom is -0.311 e. The van der Waals surface area contributed by atoms with Gasteiger partial charge in [0.25, 0.3) is 6.71 Å². The Morgan fingerprint density at radius 3 is 1.33 bits per heavy atom. The van der Waals surface area contributed by atoms with E-state index in [2.05, 4.69) is 234 Å². The SMILES string of the molecule is CC(C)(C)c1ccc2c(c1)B1c3cc(C(C)(C)C)ccc3N(c3ccccc3)c3cc(-c4ccc5c(c4)c4ccc(C(C)(C)C)cc4n5-c4ccc(C#N)cc4-c4nc(-c5ccccc5)nc(-c5ccccc5)n4)cc(c31)N2c1ccccc1. The van der Waals surface area contributed by atoms with E-state index < -0.39 is 0 Å². The number of hydrogen-bond donors (Lipinski definition) is 0. The predicted molar refractivity (Wildman–Crippen MR) is 351 cm³/mol. The van der Waals surface area contributed by atoms with E-state index in [0.29, 0.717) is 23.0 Å². The van der Waals surface area contributed by atoms with Gasteiger partial charge in [0.15, 0.2) is 17.5 Å². The zero-order chi connectivity index (χ0) is 57.8. The predicted octanol–water partition coefficient (Wildman–Crippen LogP) is 17.5. The molecule has 2 aromatic heterocycles. The number of hydrogen-bond acceptors (Lipinski definition) is 6. The highest BCUT2D eigenvalue weighted by Crippen LogP contribution is 2.48. The topological polar surface area (TPSA) is 73.9 Å². The third kappa shape index (κ3) is 8.85. The van der Waals surface area contributed by atoms with Gasteiger partial charge in [0.05, 0.1) is 28.4 Å². The van der Waals surface area contributed by atoms with Crippen molar-refractivity contribution in [2.24, 2.45) is 0 Å². The Balaban J connectivity index is 1.04. The molecular weight excluding hydrogens is 1020 g/mol. The van der Waals surface area contributed by atoms with Crippen LogP contribution in [0, 0.1) is 11.3 Å². The quantitative estimate of drug-likeness (QED) is 0.148. The van der Waals surface area contributed by atoms with Crippen LogP contribution in [0.1, 0.15) is 84.6 Å².